The molecule has 0 radical (unpaired) electrons. The molecule has 2 heterocycles. The van der Waals surface area contributed by atoms with Crippen molar-refractivity contribution in [2.24, 2.45) is 0 Å². The number of para-hydroxylation sites is 1. The van der Waals surface area contributed by atoms with Gasteiger partial charge in [-0.05, 0) is 24.3 Å². The van der Waals surface area contributed by atoms with E-state index in [0.29, 0.717) is 11.4 Å². The van der Waals surface area contributed by atoms with Gasteiger partial charge in [0.05, 0.1) is 5.69 Å². The van der Waals surface area contributed by atoms with Crippen molar-refractivity contribution in [1.82, 2.24) is 20.2 Å². The number of amides is 1. The van der Waals surface area contributed by atoms with Crippen LogP contribution < -0.4 is 4.90 Å². The first kappa shape index (κ1) is 12.0. The topological polar surface area (TPSA) is 74.8 Å². The molecule has 0 aliphatic rings. The van der Waals surface area contributed by atoms with Crippen LogP contribution in [0.25, 0.3) is 0 Å². The second-order valence-corrected chi connectivity index (χ2v) is 3.99. The van der Waals surface area contributed by atoms with E-state index in [1.165, 1.54) is 11.2 Å². The molecule has 0 fully saturated rings. The Morgan fingerprint density at radius 3 is 2.45 bits per heavy atom. The molecule has 0 aliphatic carbocycles. The smallest absolute Gasteiger partial charge is 0.266 e. The number of carbonyl (C=O) groups is 1. The summed E-state index contributed by atoms with van der Waals surface area (Å²) in [4.78, 5) is 22.2. The molecule has 1 N–H and O–H groups in total. The van der Waals surface area contributed by atoms with Crippen molar-refractivity contribution in [3.8, 4) is 0 Å². The highest BCUT2D eigenvalue weighted by atomic mass is 16.2. The van der Waals surface area contributed by atoms with E-state index in [2.05, 4.69) is 20.2 Å². The number of hydrogen-bond donors (Lipinski definition) is 1. The molecule has 0 atom stereocenters. The maximum Gasteiger partial charge on any atom is 0.283 e. The van der Waals surface area contributed by atoms with Crippen molar-refractivity contribution in [1.29, 1.82) is 0 Å². The lowest BCUT2D eigenvalue weighted by atomic mass is 10.2. The Morgan fingerprint density at radius 2 is 1.80 bits per heavy atom. The van der Waals surface area contributed by atoms with Crippen LogP contribution in [-0.4, -0.2) is 26.1 Å². The number of pyridine rings is 1. The fourth-order valence-electron chi connectivity index (χ4n) is 1.81. The second kappa shape index (κ2) is 5.31. The summed E-state index contributed by atoms with van der Waals surface area (Å²) in [5, 5.41) is 6.59. The normalized spacial score (nSPS) is 10.2. The van der Waals surface area contributed by atoms with E-state index in [1.807, 2.05) is 30.3 Å². The monoisotopic (exact) mass is 265 g/mol. The summed E-state index contributed by atoms with van der Waals surface area (Å²) in [5.41, 5.74) is 1.02. The molecule has 0 bridgehead atoms. The van der Waals surface area contributed by atoms with Gasteiger partial charge in [0.25, 0.3) is 11.9 Å². The van der Waals surface area contributed by atoms with Crippen molar-refractivity contribution in [2.75, 3.05) is 4.90 Å². The molecule has 2 aromatic heterocycles. The Kier molecular flexibility index (Phi) is 3.20. The van der Waals surface area contributed by atoms with Gasteiger partial charge in [0.2, 0.25) is 0 Å². The molecule has 1 amide bonds. The van der Waals surface area contributed by atoms with Gasteiger partial charge in [0.1, 0.15) is 12.0 Å². The van der Waals surface area contributed by atoms with E-state index >= 15 is 0 Å². The van der Waals surface area contributed by atoms with Crippen LogP contribution in [0.4, 0.5) is 11.6 Å². The number of anilines is 2. The van der Waals surface area contributed by atoms with Crippen LogP contribution in [0.5, 0.6) is 0 Å². The molecule has 6 heteroatoms. The summed E-state index contributed by atoms with van der Waals surface area (Å²) in [6.45, 7) is 0. The summed E-state index contributed by atoms with van der Waals surface area (Å²) in [7, 11) is 0. The van der Waals surface area contributed by atoms with E-state index in [0.717, 1.165) is 0 Å². The third-order valence-corrected chi connectivity index (χ3v) is 2.70. The number of carbonyl (C=O) groups excluding carboxylic acids is 1. The highest BCUT2D eigenvalue weighted by molar-refractivity contribution is 6.08. The van der Waals surface area contributed by atoms with Crippen LogP contribution in [0.3, 0.4) is 0 Å². The Morgan fingerprint density at radius 1 is 1.00 bits per heavy atom. The van der Waals surface area contributed by atoms with Crippen molar-refractivity contribution in [3.63, 3.8) is 0 Å². The number of nitrogens with zero attached hydrogens (tertiary/aromatic N) is 4. The van der Waals surface area contributed by atoms with Crippen LogP contribution in [0.1, 0.15) is 10.5 Å². The van der Waals surface area contributed by atoms with Crippen molar-refractivity contribution in [2.45, 2.75) is 0 Å². The molecule has 1 aromatic carbocycles. The highest BCUT2D eigenvalue weighted by Gasteiger charge is 2.23. The maximum atomic E-state index is 12.6. The van der Waals surface area contributed by atoms with E-state index in [4.69, 9.17) is 0 Å². The fourth-order valence-corrected chi connectivity index (χ4v) is 1.81. The predicted octanol–water partition coefficient (Wildman–Crippen LogP) is 2.18. The van der Waals surface area contributed by atoms with E-state index in [9.17, 15) is 4.79 Å². The number of aromatic amines is 1. The maximum absolute atomic E-state index is 12.6. The number of H-pyrrole nitrogens is 1. The third-order valence-electron chi connectivity index (χ3n) is 2.70. The molecule has 3 rings (SSSR count). The quantitative estimate of drug-likeness (QED) is 0.787. The molecule has 0 unspecified atom stereocenters. The lowest BCUT2D eigenvalue weighted by molar-refractivity contribution is 0.0993. The first-order valence-corrected chi connectivity index (χ1v) is 6.02. The van der Waals surface area contributed by atoms with Crippen LogP contribution in [0.2, 0.25) is 0 Å². The number of rotatable bonds is 3. The molecule has 3 aromatic rings. The first-order valence-electron chi connectivity index (χ1n) is 6.02. The Bertz CT molecular complexity index is 682. The molecule has 0 saturated carbocycles. The highest BCUT2D eigenvalue weighted by Crippen LogP contribution is 2.23. The summed E-state index contributed by atoms with van der Waals surface area (Å²) >= 11 is 0. The molecule has 0 aliphatic heterocycles. The molecule has 98 valence electrons. The average molecular weight is 265 g/mol. The Balaban J connectivity index is 2.05. The minimum Gasteiger partial charge on any atom is -0.266 e. The van der Waals surface area contributed by atoms with Crippen LogP contribution >= 0.6 is 0 Å². The van der Waals surface area contributed by atoms with Gasteiger partial charge in [-0.3, -0.25) is 14.9 Å². The molecule has 0 spiro atoms. The Hall–Kier alpha value is -3.02. The van der Waals surface area contributed by atoms with Gasteiger partial charge in [-0.2, -0.15) is 4.98 Å². The van der Waals surface area contributed by atoms with Crippen LogP contribution in [0, 0.1) is 0 Å². The van der Waals surface area contributed by atoms with E-state index in [1.54, 1.807) is 24.4 Å². The molecular weight excluding hydrogens is 254 g/mol. The SMILES string of the molecule is O=C(c1ccccn1)N(c1ccccc1)c1nc[nH]n1. The lowest BCUT2D eigenvalue weighted by Crippen LogP contribution is -2.27. The van der Waals surface area contributed by atoms with Gasteiger partial charge in [-0.15, -0.1) is 5.10 Å². The van der Waals surface area contributed by atoms with Crippen molar-refractivity contribution >= 4 is 17.5 Å². The van der Waals surface area contributed by atoms with Crippen molar-refractivity contribution < 1.29 is 4.79 Å². The van der Waals surface area contributed by atoms with Gasteiger partial charge in [-0.25, -0.2) is 4.90 Å². The first-order chi connectivity index (χ1) is 9.86. The zero-order valence-corrected chi connectivity index (χ0v) is 10.5. The van der Waals surface area contributed by atoms with Crippen LogP contribution in [0.15, 0.2) is 61.1 Å². The minimum absolute atomic E-state index is 0.281. The summed E-state index contributed by atoms with van der Waals surface area (Å²) < 4.78 is 0. The molecular formula is C14H11N5O. The molecule has 20 heavy (non-hydrogen) atoms. The fraction of sp³-hybridized carbons (Fsp3) is 0. The number of hydrogen-bond acceptors (Lipinski definition) is 4. The summed E-state index contributed by atoms with van der Waals surface area (Å²) in [6.07, 6.45) is 3.01. The van der Waals surface area contributed by atoms with Gasteiger partial charge in [-0.1, -0.05) is 24.3 Å². The average Bonchev–Trinajstić information content (AvgIpc) is 3.03. The number of benzene rings is 1. The molecule has 6 nitrogen and oxygen atoms in total. The third kappa shape index (κ3) is 2.26. The van der Waals surface area contributed by atoms with Crippen molar-refractivity contribution in [3.05, 3.63) is 66.7 Å². The summed E-state index contributed by atoms with van der Waals surface area (Å²) in [6, 6.07) is 14.4. The zero-order chi connectivity index (χ0) is 13.8. The zero-order valence-electron chi connectivity index (χ0n) is 10.5. The van der Waals surface area contributed by atoms with E-state index < -0.39 is 0 Å². The van der Waals surface area contributed by atoms with Gasteiger partial charge in [0.15, 0.2) is 0 Å². The minimum atomic E-state index is -0.281. The Labute approximate surface area is 115 Å². The van der Waals surface area contributed by atoms with Crippen LogP contribution in [-0.2, 0) is 0 Å². The number of nitrogens with one attached hydrogen (secondary N) is 1. The predicted molar refractivity (Wildman–Crippen MR) is 73.5 cm³/mol. The van der Waals surface area contributed by atoms with Gasteiger partial charge >= 0.3 is 0 Å². The largest absolute Gasteiger partial charge is 0.283 e. The summed E-state index contributed by atoms with van der Waals surface area (Å²) in [5.74, 6) is 0.00301. The number of aromatic nitrogens is 4. The second-order valence-electron chi connectivity index (χ2n) is 3.99. The standard InChI is InChI=1S/C14H11N5O/c20-13(12-8-4-5-9-15-12)19(14-16-10-17-18-14)11-6-2-1-3-7-11/h1-10H,(H,16,17,18). The molecule has 0 saturated heterocycles. The van der Waals surface area contributed by atoms with Gasteiger partial charge in [0, 0.05) is 6.20 Å². The van der Waals surface area contributed by atoms with Gasteiger partial charge < -0.3 is 0 Å². The van der Waals surface area contributed by atoms with E-state index in [-0.39, 0.29) is 11.9 Å². The lowest BCUT2D eigenvalue weighted by Gasteiger charge is -2.18.